The molecule has 0 aliphatic heterocycles. The van der Waals surface area contributed by atoms with Gasteiger partial charge < -0.3 is 0 Å². The first-order valence-electron chi connectivity index (χ1n) is 12.7. The van der Waals surface area contributed by atoms with E-state index < -0.39 is 0 Å². The maximum absolute atomic E-state index is 5.11. The molecule has 5 aromatic carbocycles. The summed E-state index contributed by atoms with van der Waals surface area (Å²) in [5.74, 6) is 0.697. The number of nitrogens with zero attached hydrogens (tertiary/aromatic N) is 3. The van der Waals surface area contributed by atoms with E-state index in [9.17, 15) is 0 Å². The average Bonchev–Trinajstić information content (AvgIpc) is 3.01. The molecule has 0 radical (unpaired) electrons. The molecule has 0 atom stereocenters. The van der Waals surface area contributed by atoms with Gasteiger partial charge in [0, 0.05) is 28.1 Å². The van der Waals surface area contributed by atoms with E-state index in [1.54, 1.807) is 0 Å². The Kier molecular flexibility index (Phi) is 5.45. The molecule has 0 unspecified atom stereocenters. The van der Waals surface area contributed by atoms with Crippen LogP contribution in [0.1, 0.15) is 0 Å². The van der Waals surface area contributed by atoms with Crippen molar-refractivity contribution >= 4 is 21.8 Å². The van der Waals surface area contributed by atoms with Crippen LogP contribution >= 0.6 is 0 Å². The second kappa shape index (κ2) is 9.38. The highest BCUT2D eigenvalue weighted by molar-refractivity contribution is 6.10. The summed E-state index contributed by atoms with van der Waals surface area (Å²) in [6, 6.07) is 46.0. The quantitative estimate of drug-likeness (QED) is 0.234. The standard InChI is InChI=1S/C35H23N3/c1-4-10-24(11-5-1)25-16-18-26(19-17-25)30-22-29-20-21-32(27-12-6-2-7-13-27)37-33(29)34-31(30)23-36-35(38-34)28-14-8-3-9-15-28/h1-23H. The van der Waals surface area contributed by atoms with Crippen molar-refractivity contribution in [3.63, 3.8) is 0 Å². The van der Waals surface area contributed by atoms with Crippen molar-refractivity contribution in [3.05, 3.63) is 140 Å². The van der Waals surface area contributed by atoms with Crippen LogP contribution in [0.15, 0.2) is 140 Å². The van der Waals surface area contributed by atoms with Gasteiger partial charge in [-0.1, -0.05) is 121 Å². The molecule has 7 aromatic rings. The zero-order chi connectivity index (χ0) is 25.3. The van der Waals surface area contributed by atoms with Crippen molar-refractivity contribution in [3.8, 4) is 44.9 Å². The van der Waals surface area contributed by atoms with Gasteiger partial charge in [0.05, 0.1) is 11.2 Å². The van der Waals surface area contributed by atoms with E-state index in [2.05, 4.69) is 78.9 Å². The second-order valence-electron chi connectivity index (χ2n) is 9.32. The molecule has 0 aliphatic carbocycles. The van der Waals surface area contributed by atoms with Crippen LogP contribution in [-0.4, -0.2) is 15.0 Å². The first kappa shape index (κ1) is 22.1. The molecule has 0 aliphatic rings. The van der Waals surface area contributed by atoms with Gasteiger partial charge in [0.1, 0.15) is 5.52 Å². The zero-order valence-corrected chi connectivity index (χ0v) is 20.6. The number of fused-ring (bicyclic) bond motifs is 3. The van der Waals surface area contributed by atoms with E-state index in [1.807, 2.05) is 60.8 Å². The largest absolute Gasteiger partial charge is 0.245 e. The van der Waals surface area contributed by atoms with Gasteiger partial charge >= 0.3 is 0 Å². The van der Waals surface area contributed by atoms with Crippen LogP contribution in [0.3, 0.4) is 0 Å². The third kappa shape index (κ3) is 4.00. The molecule has 0 N–H and O–H groups in total. The van der Waals surface area contributed by atoms with Crippen molar-refractivity contribution < 1.29 is 0 Å². The SMILES string of the molecule is c1ccc(-c2ccc(-c3cc4ccc(-c5ccccc5)nc4c4nc(-c5ccccc5)ncc34)cc2)cc1. The highest BCUT2D eigenvalue weighted by Gasteiger charge is 2.15. The van der Waals surface area contributed by atoms with Crippen molar-refractivity contribution in [2.45, 2.75) is 0 Å². The van der Waals surface area contributed by atoms with E-state index in [-0.39, 0.29) is 0 Å². The first-order chi connectivity index (χ1) is 18.8. The molecule has 178 valence electrons. The second-order valence-corrected chi connectivity index (χ2v) is 9.32. The lowest BCUT2D eigenvalue weighted by molar-refractivity contribution is 1.23. The molecular weight excluding hydrogens is 462 g/mol. The van der Waals surface area contributed by atoms with Gasteiger partial charge in [-0.05, 0) is 34.4 Å². The summed E-state index contributed by atoms with van der Waals surface area (Å²) in [5, 5.41) is 2.04. The van der Waals surface area contributed by atoms with Crippen LogP contribution in [0.4, 0.5) is 0 Å². The number of aromatic nitrogens is 3. The molecule has 0 saturated heterocycles. The number of benzene rings is 5. The Bertz CT molecular complexity index is 1880. The molecule has 0 amide bonds. The van der Waals surface area contributed by atoms with Gasteiger partial charge in [0.2, 0.25) is 0 Å². The predicted molar refractivity (Wildman–Crippen MR) is 157 cm³/mol. The number of hydrogen-bond acceptors (Lipinski definition) is 3. The molecule has 2 heterocycles. The fourth-order valence-corrected chi connectivity index (χ4v) is 4.98. The fraction of sp³-hybridized carbons (Fsp3) is 0. The summed E-state index contributed by atoms with van der Waals surface area (Å²) >= 11 is 0. The third-order valence-corrected chi connectivity index (χ3v) is 6.93. The molecule has 0 saturated carbocycles. The van der Waals surface area contributed by atoms with Crippen LogP contribution in [0.25, 0.3) is 66.7 Å². The summed E-state index contributed by atoms with van der Waals surface area (Å²) in [6.45, 7) is 0. The van der Waals surface area contributed by atoms with E-state index in [0.29, 0.717) is 5.82 Å². The van der Waals surface area contributed by atoms with E-state index >= 15 is 0 Å². The molecule has 3 nitrogen and oxygen atoms in total. The molecule has 2 aromatic heterocycles. The Labute approximate surface area is 221 Å². The van der Waals surface area contributed by atoms with Gasteiger partial charge in [-0.3, -0.25) is 0 Å². The minimum atomic E-state index is 0.697. The maximum atomic E-state index is 5.11. The van der Waals surface area contributed by atoms with Crippen LogP contribution in [0.2, 0.25) is 0 Å². The summed E-state index contributed by atoms with van der Waals surface area (Å²) in [7, 11) is 0. The van der Waals surface area contributed by atoms with Crippen LogP contribution < -0.4 is 0 Å². The molecule has 7 rings (SSSR count). The minimum Gasteiger partial charge on any atom is -0.245 e. The number of rotatable bonds is 4. The molecule has 0 fully saturated rings. The maximum Gasteiger partial charge on any atom is 0.159 e. The smallest absolute Gasteiger partial charge is 0.159 e. The Morgan fingerprint density at radius 1 is 0.421 bits per heavy atom. The van der Waals surface area contributed by atoms with E-state index in [4.69, 9.17) is 15.0 Å². The molecule has 0 spiro atoms. The summed E-state index contributed by atoms with van der Waals surface area (Å²) in [4.78, 5) is 15.0. The van der Waals surface area contributed by atoms with E-state index in [0.717, 1.165) is 49.8 Å². The third-order valence-electron chi connectivity index (χ3n) is 6.93. The van der Waals surface area contributed by atoms with Gasteiger partial charge in [-0.2, -0.15) is 0 Å². The van der Waals surface area contributed by atoms with Crippen LogP contribution in [-0.2, 0) is 0 Å². The molecule has 0 bridgehead atoms. The first-order valence-corrected chi connectivity index (χ1v) is 12.7. The van der Waals surface area contributed by atoms with E-state index in [1.165, 1.54) is 11.1 Å². The lowest BCUT2D eigenvalue weighted by atomic mass is 9.96. The summed E-state index contributed by atoms with van der Waals surface area (Å²) in [5.41, 5.74) is 9.36. The van der Waals surface area contributed by atoms with Crippen LogP contribution in [0, 0.1) is 0 Å². The van der Waals surface area contributed by atoms with Gasteiger partial charge in [0.25, 0.3) is 0 Å². The molecular formula is C35H23N3. The van der Waals surface area contributed by atoms with Crippen molar-refractivity contribution in [1.82, 2.24) is 15.0 Å². The molecule has 38 heavy (non-hydrogen) atoms. The van der Waals surface area contributed by atoms with Gasteiger partial charge in [-0.15, -0.1) is 0 Å². The fourth-order valence-electron chi connectivity index (χ4n) is 4.98. The lowest BCUT2D eigenvalue weighted by Crippen LogP contribution is -1.95. The predicted octanol–water partition coefficient (Wildman–Crippen LogP) is 8.85. The van der Waals surface area contributed by atoms with Crippen LogP contribution in [0.5, 0.6) is 0 Å². The summed E-state index contributed by atoms with van der Waals surface area (Å²) in [6.07, 6.45) is 1.95. The Morgan fingerprint density at radius 2 is 1.00 bits per heavy atom. The normalized spacial score (nSPS) is 11.2. The minimum absolute atomic E-state index is 0.697. The highest BCUT2D eigenvalue weighted by atomic mass is 14.9. The Balaban J connectivity index is 1.44. The number of hydrogen-bond donors (Lipinski definition) is 0. The van der Waals surface area contributed by atoms with Gasteiger partial charge in [-0.25, -0.2) is 15.0 Å². The zero-order valence-electron chi connectivity index (χ0n) is 20.6. The van der Waals surface area contributed by atoms with Gasteiger partial charge in [0.15, 0.2) is 5.82 Å². The Morgan fingerprint density at radius 3 is 1.68 bits per heavy atom. The average molecular weight is 486 g/mol. The number of pyridine rings is 1. The van der Waals surface area contributed by atoms with Crippen molar-refractivity contribution in [1.29, 1.82) is 0 Å². The Hall–Kier alpha value is -5.15. The van der Waals surface area contributed by atoms with Crippen molar-refractivity contribution in [2.24, 2.45) is 0 Å². The summed E-state index contributed by atoms with van der Waals surface area (Å²) < 4.78 is 0. The highest BCUT2D eigenvalue weighted by Crippen LogP contribution is 2.36. The molecule has 3 heteroatoms. The monoisotopic (exact) mass is 485 g/mol. The topological polar surface area (TPSA) is 38.7 Å². The van der Waals surface area contributed by atoms with Crippen molar-refractivity contribution in [2.75, 3.05) is 0 Å². The lowest BCUT2D eigenvalue weighted by Gasteiger charge is -2.13.